The minimum Gasteiger partial charge on any atom is -0.440 e. The van der Waals surface area contributed by atoms with Gasteiger partial charge in [0.2, 0.25) is 5.89 Å². The molecular weight excluding hydrogens is 377 g/mol. The molecule has 1 saturated carbocycles. The lowest BCUT2D eigenvalue weighted by Crippen LogP contribution is -2.00. The van der Waals surface area contributed by atoms with Gasteiger partial charge in [-0.3, -0.25) is 9.55 Å². The molecule has 0 spiro atoms. The maximum Gasteiger partial charge on any atom is 0.205 e. The largest absolute Gasteiger partial charge is 0.440 e. The Labute approximate surface area is 164 Å². The van der Waals surface area contributed by atoms with Crippen LogP contribution in [0.4, 0.5) is 4.39 Å². The van der Waals surface area contributed by atoms with Crippen LogP contribution in [-0.2, 0) is 5.75 Å². The van der Waals surface area contributed by atoms with Crippen molar-refractivity contribution in [1.82, 2.24) is 24.7 Å². The van der Waals surface area contributed by atoms with Crippen LogP contribution >= 0.6 is 11.8 Å². The van der Waals surface area contributed by atoms with Gasteiger partial charge in [0, 0.05) is 29.6 Å². The van der Waals surface area contributed by atoms with Gasteiger partial charge in [0.05, 0.1) is 11.9 Å². The molecule has 0 aliphatic heterocycles. The van der Waals surface area contributed by atoms with Gasteiger partial charge >= 0.3 is 0 Å². The smallest absolute Gasteiger partial charge is 0.205 e. The summed E-state index contributed by atoms with van der Waals surface area (Å²) in [6, 6.07) is 10.5. The van der Waals surface area contributed by atoms with Crippen molar-refractivity contribution in [3.05, 3.63) is 66.7 Å². The summed E-state index contributed by atoms with van der Waals surface area (Å²) in [6.45, 7) is 0. The molecule has 8 heteroatoms. The van der Waals surface area contributed by atoms with Crippen molar-refractivity contribution in [2.45, 2.75) is 29.8 Å². The fourth-order valence-corrected chi connectivity index (χ4v) is 3.84. The highest BCUT2D eigenvalue weighted by Crippen LogP contribution is 2.41. The van der Waals surface area contributed by atoms with E-state index < -0.39 is 0 Å². The van der Waals surface area contributed by atoms with E-state index in [0.29, 0.717) is 23.4 Å². The van der Waals surface area contributed by atoms with Crippen molar-refractivity contribution in [2.24, 2.45) is 0 Å². The van der Waals surface area contributed by atoms with E-state index in [1.807, 2.05) is 12.1 Å². The van der Waals surface area contributed by atoms with E-state index in [2.05, 4.69) is 24.7 Å². The summed E-state index contributed by atoms with van der Waals surface area (Å²) in [5.74, 6) is 2.33. The molecule has 0 unspecified atom stereocenters. The molecule has 6 nitrogen and oxygen atoms in total. The van der Waals surface area contributed by atoms with Crippen LogP contribution in [0.5, 0.6) is 0 Å². The first-order valence-corrected chi connectivity index (χ1v) is 9.95. The predicted octanol–water partition coefficient (Wildman–Crippen LogP) is 4.76. The molecule has 1 aliphatic carbocycles. The zero-order valence-electron chi connectivity index (χ0n) is 14.8. The highest BCUT2D eigenvalue weighted by Gasteiger charge is 2.30. The minimum atomic E-state index is -0.275. The second-order valence-electron chi connectivity index (χ2n) is 6.56. The van der Waals surface area contributed by atoms with Crippen molar-refractivity contribution in [3.63, 3.8) is 0 Å². The van der Waals surface area contributed by atoms with E-state index in [1.54, 1.807) is 42.5 Å². The standard InChI is InChI=1S/C20H16FN5OS/c21-15-5-3-13(4-6-15)17-11-23-18(27-17)12-28-20-25-24-19(26(20)16-7-8-16)14-2-1-9-22-10-14/h1-6,9-11,16H,7-8,12H2. The van der Waals surface area contributed by atoms with Gasteiger partial charge < -0.3 is 4.42 Å². The Hall–Kier alpha value is -3.00. The van der Waals surface area contributed by atoms with E-state index in [0.717, 1.165) is 34.9 Å². The van der Waals surface area contributed by atoms with Crippen molar-refractivity contribution >= 4 is 11.8 Å². The van der Waals surface area contributed by atoms with Crippen LogP contribution in [0.1, 0.15) is 24.8 Å². The van der Waals surface area contributed by atoms with Crippen molar-refractivity contribution in [3.8, 4) is 22.7 Å². The van der Waals surface area contributed by atoms with Gasteiger partial charge in [0.1, 0.15) is 5.82 Å². The third-order valence-corrected chi connectivity index (χ3v) is 5.43. The number of thioether (sulfide) groups is 1. The first kappa shape index (κ1) is 17.1. The SMILES string of the molecule is Fc1ccc(-c2cnc(CSc3nnc(-c4cccnc4)n3C3CC3)o2)cc1. The Morgan fingerprint density at radius 2 is 1.93 bits per heavy atom. The zero-order valence-corrected chi connectivity index (χ0v) is 15.6. The molecule has 0 bridgehead atoms. The Morgan fingerprint density at radius 3 is 2.68 bits per heavy atom. The maximum atomic E-state index is 13.1. The predicted molar refractivity (Wildman–Crippen MR) is 103 cm³/mol. The van der Waals surface area contributed by atoms with Crippen LogP contribution in [0.2, 0.25) is 0 Å². The molecular formula is C20H16FN5OS. The van der Waals surface area contributed by atoms with E-state index >= 15 is 0 Å². The second kappa shape index (κ2) is 7.20. The summed E-state index contributed by atoms with van der Waals surface area (Å²) >= 11 is 1.55. The third-order valence-electron chi connectivity index (χ3n) is 4.50. The average molecular weight is 393 g/mol. The molecule has 4 aromatic rings. The summed E-state index contributed by atoms with van der Waals surface area (Å²) in [6.07, 6.45) is 7.48. The lowest BCUT2D eigenvalue weighted by atomic mass is 10.2. The number of aromatic nitrogens is 5. The van der Waals surface area contributed by atoms with Gasteiger partial charge in [-0.05, 0) is 49.2 Å². The van der Waals surface area contributed by atoms with E-state index in [4.69, 9.17) is 4.42 Å². The summed E-state index contributed by atoms with van der Waals surface area (Å²) in [5, 5.41) is 9.62. The number of nitrogens with zero attached hydrogens (tertiary/aromatic N) is 5. The van der Waals surface area contributed by atoms with Crippen LogP contribution < -0.4 is 0 Å². The number of oxazole rings is 1. The molecule has 140 valence electrons. The highest BCUT2D eigenvalue weighted by atomic mass is 32.2. The quantitative estimate of drug-likeness (QED) is 0.440. The Balaban J connectivity index is 1.35. The van der Waals surface area contributed by atoms with Gasteiger partial charge in [-0.15, -0.1) is 10.2 Å². The highest BCUT2D eigenvalue weighted by molar-refractivity contribution is 7.98. The second-order valence-corrected chi connectivity index (χ2v) is 7.51. The minimum absolute atomic E-state index is 0.275. The topological polar surface area (TPSA) is 69.6 Å². The molecule has 0 N–H and O–H groups in total. The van der Waals surface area contributed by atoms with Crippen molar-refractivity contribution in [2.75, 3.05) is 0 Å². The van der Waals surface area contributed by atoms with Crippen LogP contribution in [0.3, 0.4) is 0 Å². The Kier molecular flexibility index (Phi) is 4.40. The molecule has 0 radical (unpaired) electrons. The van der Waals surface area contributed by atoms with E-state index in [1.165, 1.54) is 12.1 Å². The molecule has 28 heavy (non-hydrogen) atoms. The molecule has 0 amide bonds. The summed E-state index contributed by atoms with van der Waals surface area (Å²) < 4.78 is 21.1. The number of hydrogen-bond donors (Lipinski definition) is 0. The van der Waals surface area contributed by atoms with Crippen LogP contribution in [-0.4, -0.2) is 24.7 Å². The number of benzene rings is 1. The number of hydrogen-bond acceptors (Lipinski definition) is 6. The molecule has 0 atom stereocenters. The van der Waals surface area contributed by atoms with Gasteiger partial charge in [0.25, 0.3) is 0 Å². The molecule has 1 aliphatic rings. The van der Waals surface area contributed by atoms with Crippen LogP contribution in [0.25, 0.3) is 22.7 Å². The summed E-state index contributed by atoms with van der Waals surface area (Å²) in [4.78, 5) is 8.52. The van der Waals surface area contributed by atoms with Crippen LogP contribution in [0.15, 0.2) is 64.6 Å². The number of halogens is 1. The third kappa shape index (κ3) is 3.43. The van der Waals surface area contributed by atoms with Gasteiger partial charge in [-0.25, -0.2) is 9.37 Å². The number of rotatable bonds is 6. The molecule has 0 saturated heterocycles. The first-order valence-electron chi connectivity index (χ1n) is 8.96. The van der Waals surface area contributed by atoms with Crippen LogP contribution in [0, 0.1) is 5.82 Å². The van der Waals surface area contributed by atoms with Crippen molar-refractivity contribution < 1.29 is 8.81 Å². The lowest BCUT2D eigenvalue weighted by molar-refractivity contribution is 0.529. The molecule has 3 heterocycles. The zero-order chi connectivity index (χ0) is 18.9. The van der Waals surface area contributed by atoms with Gasteiger partial charge in [0.15, 0.2) is 16.7 Å². The monoisotopic (exact) mass is 393 g/mol. The molecule has 5 rings (SSSR count). The Bertz CT molecular complexity index is 1090. The molecule has 3 aromatic heterocycles. The normalized spacial score (nSPS) is 13.8. The fourth-order valence-electron chi connectivity index (χ4n) is 2.98. The maximum absolute atomic E-state index is 13.1. The van der Waals surface area contributed by atoms with Gasteiger partial charge in [-0.1, -0.05) is 11.8 Å². The number of pyridine rings is 1. The molecule has 1 fully saturated rings. The average Bonchev–Trinajstić information content (AvgIpc) is 3.30. The van der Waals surface area contributed by atoms with E-state index in [-0.39, 0.29) is 5.82 Å². The first-order chi connectivity index (χ1) is 13.8. The van der Waals surface area contributed by atoms with Gasteiger partial charge in [-0.2, -0.15) is 0 Å². The van der Waals surface area contributed by atoms with Crippen molar-refractivity contribution in [1.29, 1.82) is 0 Å². The Morgan fingerprint density at radius 1 is 1.07 bits per heavy atom. The molecule has 1 aromatic carbocycles. The summed E-state index contributed by atoms with van der Waals surface area (Å²) in [5.41, 5.74) is 1.76. The summed E-state index contributed by atoms with van der Waals surface area (Å²) in [7, 11) is 0. The lowest BCUT2D eigenvalue weighted by Gasteiger charge is -2.07. The van der Waals surface area contributed by atoms with E-state index in [9.17, 15) is 4.39 Å². The fraction of sp³-hybridized carbons (Fsp3) is 0.200.